The van der Waals surface area contributed by atoms with Gasteiger partial charge in [0, 0.05) is 37.3 Å². The first-order valence-corrected chi connectivity index (χ1v) is 8.36. The molecule has 1 fully saturated rings. The van der Waals surface area contributed by atoms with Crippen LogP contribution in [0.3, 0.4) is 0 Å². The van der Waals surface area contributed by atoms with Gasteiger partial charge in [-0.2, -0.15) is 0 Å². The van der Waals surface area contributed by atoms with Crippen molar-refractivity contribution in [2.24, 2.45) is 0 Å². The lowest BCUT2D eigenvalue weighted by Gasteiger charge is -2.20. The average molecular weight is 348 g/mol. The molecule has 1 atom stereocenters. The van der Waals surface area contributed by atoms with Gasteiger partial charge in [-0.25, -0.2) is 13.5 Å². The van der Waals surface area contributed by atoms with Crippen molar-refractivity contribution in [3.05, 3.63) is 53.4 Å². The zero-order chi connectivity index (χ0) is 18.0. The Morgan fingerprint density at radius 1 is 1.36 bits per heavy atom. The third-order valence-corrected chi connectivity index (χ3v) is 4.47. The molecule has 0 aliphatic carbocycles. The van der Waals surface area contributed by atoms with Crippen LogP contribution in [0.4, 0.5) is 8.78 Å². The predicted octanol–water partition coefficient (Wildman–Crippen LogP) is 2.74. The molecule has 0 bridgehead atoms. The smallest absolute Gasteiger partial charge is 0.133 e. The van der Waals surface area contributed by atoms with E-state index in [1.165, 1.54) is 12.1 Å². The third kappa shape index (κ3) is 3.93. The quantitative estimate of drug-likeness (QED) is 0.903. The third-order valence-electron chi connectivity index (χ3n) is 4.47. The number of likely N-dealkylation sites (tertiary alicyclic amines) is 1. The van der Waals surface area contributed by atoms with Crippen LogP contribution in [-0.4, -0.2) is 44.6 Å². The molecule has 2 aromatic rings. The van der Waals surface area contributed by atoms with E-state index in [2.05, 4.69) is 15.2 Å². The van der Waals surface area contributed by atoms with Gasteiger partial charge in [0.15, 0.2) is 0 Å². The second-order valence-electron chi connectivity index (χ2n) is 6.76. The molecular weight excluding hydrogens is 326 g/mol. The molecule has 0 saturated carbocycles. The number of hydrogen-bond donors (Lipinski definition) is 1. The number of β-amino-alcohol motifs (C(OH)–C–C–N with tert-alkyl or cyclic N) is 1. The fourth-order valence-electron chi connectivity index (χ4n) is 2.94. The van der Waals surface area contributed by atoms with Crippen LogP contribution < -0.4 is 0 Å². The van der Waals surface area contributed by atoms with Crippen LogP contribution in [0.1, 0.15) is 37.6 Å². The van der Waals surface area contributed by atoms with Crippen molar-refractivity contribution in [1.29, 1.82) is 0 Å². The lowest BCUT2D eigenvalue weighted by molar-refractivity contribution is 0.0429. The minimum Gasteiger partial charge on any atom is -0.382 e. The summed E-state index contributed by atoms with van der Waals surface area (Å²) in [5.41, 5.74) is -0.0877. The molecule has 1 aliphatic heterocycles. The van der Waals surface area contributed by atoms with Gasteiger partial charge in [-0.05, 0) is 32.4 Å². The Hall–Kier alpha value is -2.12. The maximum Gasteiger partial charge on any atom is 0.133 e. The molecule has 3 rings (SSSR count). The van der Waals surface area contributed by atoms with E-state index in [0.29, 0.717) is 37.3 Å². The van der Waals surface area contributed by atoms with Gasteiger partial charge in [0.2, 0.25) is 0 Å². The Morgan fingerprint density at radius 3 is 2.84 bits per heavy atom. The highest BCUT2D eigenvalue weighted by Gasteiger charge is 2.39. The minimum atomic E-state index is -1.01. The highest BCUT2D eigenvalue weighted by molar-refractivity contribution is 5.50. The Balaban J connectivity index is 1.61. The first-order valence-electron chi connectivity index (χ1n) is 8.36. The number of hydrogen-bond acceptors (Lipinski definition) is 4. The van der Waals surface area contributed by atoms with Crippen molar-refractivity contribution >= 4 is 6.08 Å². The first-order chi connectivity index (χ1) is 11.9. The Morgan fingerprint density at radius 2 is 2.16 bits per heavy atom. The van der Waals surface area contributed by atoms with Crippen molar-refractivity contribution < 1.29 is 13.9 Å². The molecule has 1 saturated heterocycles. The fourth-order valence-corrected chi connectivity index (χ4v) is 2.94. The van der Waals surface area contributed by atoms with Crippen molar-refractivity contribution in [2.75, 3.05) is 19.6 Å². The van der Waals surface area contributed by atoms with Gasteiger partial charge < -0.3 is 5.11 Å². The number of rotatable bonds is 5. The fraction of sp³-hybridized carbons (Fsp3) is 0.444. The highest BCUT2D eigenvalue weighted by Crippen LogP contribution is 2.30. The molecule has 1 unspecified atom stereocenters. The van der Waals surface area contributed by atoms with Gasteiger partial charge in [-0.1, -0.05) is 17.4 Å². The molecule has 0 spiro atoms. The number of benzene rings is 1. The summed E-state index contributed by atoms with van der Waals surface area (Å²) >= 11 is 0. The monoisotopic (exact) mass is 348 g/mol. The minimum absolute atomic E-state index is 0.191. The molecule has 0 amide bonds. The molecule has 0 radical (unpaired) electrons. The Kier molecular flexibility index (Phi) is 4.96. The number of aromatic nitrogens is 3. The zero-order valence-electron chi connectivity index (χ0n) is 14.4. The van der Waals surface area contributed by atoms with Crippen molar-refractivity contribution in [2.45, 2.75) is 31.9 Å². The molecule has 134 valence electrons. The predicted molar refractivity (Wildman–Crippen MR) is 90.8 cm³/mol. The van der Waals surface area contributed by atoms with Crippen LogP contribution >= 0.6 is 0 Å². The summed E-state index contributed by atoms with van der Waals surface area (Å²) < 4.78 is 28.2. The van der Waals surface area contributed by atoms with Crippen molar-refractivity contribution in [3.8, 4) is 0 Å². The molecule has 1 aliphatic rings. The zero-order valence-corrected chi connectivity index (χ0v) is 14.4. The van der Waals surface area contributed by atoms with Crippen molar-refractivity contribution in [3.63, 3.8) is 0 Å². The first kappa shape index (κ1) is 17.7. The van der Waals surface area contributed by atoms with Crippen LogP contribution in [0.25, 0.3) is 6.08 Å². The topological polar surface area (TPSA) is 54.2 Å². The van der Waals surface area contributed by atoms with Crippen LogP contribution in [0.2, 0.25) is 0 Å². The largest absolute Gasteiger partial charge is 0.382 e. The van der Waals surface area contributed by atoms with E-state index in [1.807, 2.05) is 19.9 Å². The average Bonchev–Trinajstić information content (AvgIpc) is 3.18. The lowest BCUT2D eigenvalue weighted by Crippen LogP contribution is -2.31. The Bertz CT molecular complexity index is 774. The summed E-state index contributed by atoms with van der Waals surface area (Å²) in [5, 5.41) is 19.0. The van der Waals surface area contributed by atoms with Gasteiger partial charge in [-0.3, -0.25) is 4.90 Å². The molecule has 2 heterocycles. The van der Waals surface area contributed by atoms with Gasteiger partial charge in [0.05, 0.1) is 6.20 Å². The SMILES string of the molecule is CC(C)n1cc(C2(O)CCN(C/C=C/c3ccc(F)cc3F)C2)nn1. The van der Waals surface area contributed by atoms with E-state index >= 15 is 0 Å². The maximum atomic E-state index is 13.6. The molecule has 1 aromatic carbocycles. The van der Waals surface area contributed by atoms with E-state index in [1.54, 1.807) is 17.0 Å². The van der Waals surface area contributed by atoms with Crippen LogP contribution in [0.5, 0.6) is 0 Å². The van der Waals surface area contributed by atoms with Crippen LogP contribution in [0.15, 0.2) is 30.5 Å². The summed E-state index contributed by atoms with van der Waals surface area (Å²) in [7, 11) is 0. The summed E-state index contributed by atoms with van der Waals surface area (Å²) in [6.45, 7) is 5.73. The molecule has 25 heavy (non-hydrogen) atoms. The highest BCUT2D eigenvalue weighted by atomic mass is 19.1. The summed E-state index contributed by atoms with van der Waals surface area (Å²) in [4.78, 5) is 2.06. The van der Waals surface area contributed by atoms with Crippen molar-refractivity contribution in [1.82, 2.24) is 19.9 Å². The molecule has 7 heteroatoms. The molecule has 1 aromatic heterocycles. The lowest BCUT2D eigenvalue weighted by atomic mass is 10.00. The molecule has 1 N–H and O–H groups in total. The summed E-state index contributed by atoms with van der Waals surface area (Å²) in [5.74, 6) is -1.17. The van der Waals surface area contributed by atoms with E-state index in [9.17, 15) is 13.9 Å². The maximum absolute atomic E-state index is 13.6. The standard InChI is InChI=1S/C18H22F2N4O/c1-13(2)24-11-17(21-22-24)18(25)7-9-23(12-18)8-3-4-14-5-6-15(19)10-16(14)20/h3-6,10-11,13,25H,7-9,12H2,1-2H3/b4-3+. The summed E-state index contributed by atoms with van der Waals surface area (Å²) in [6, 6.07) is 3.70. The van der Waals surface area contributed by atoms with Gasteiger partial charge in [0.1, 0.15) is 22.9 Å². The van der Waals surface area contributed by atoms with Crippen LogP contribution in [0, 0.1) is 11.6 Å². The van der Waals surface area contributed by atoms with Crippen LogP contribution in [-0.2, 0) is 5.60 Å². The number of nitrogens with zero attached hydrogens (tertiary/aromatic N) is 4. The number of halogens is 2. The number of aliphatic hydroxyl groups is 1. The molecular formula is C18H22F2N4O. The van der Waals surface area contributed by atoms with E-state index < -0.39 is 17.2 Å². The van der Waals surface area contributed by atoms with Gasteiger partial charge >= 0.3 is 0 Å². The second kappa shape index (κ2) is 7.01. The van der Waals surface area contributed by atoms with E-state index in [4.69, 9.17) is 0 Å². The second-order valence-corrected chi connectivity index (χ2v) is 6.76. The van der Waals surface area contributed by atoms with E-state index in [0.717, 1.165) is 6.07 Å². The Labute approximate surface area is 145 Å². The molecule has 5 nitrogen and oxygen atoms in total. The van der Waals surface area contributed by atoms with Gasteiger partial charge in [-0.15, -0.1) is 5.10 Å². The van der Waals surface area contributed by atoms with E-state index in [-0.39, 0.29) is 6.04 Å². The summed E-state index contributed by atoms with van der Waals surface area (Å²) in [6.07, 6.45) is 5.80. The van der Waals surface area contributed by atoms with Gasteiger partial charge in [0.25, 0.3) is 0 Å². The normalized spacial score (nSPS) is 21.7.